The number of rotatable bonds is 5. The van der Waals surface area contributed by atoms with Crippen molar-refractivity contribution in [2.75, 3.05) is 5.75 Å². The fourth-order valence-corrected chi connectivity index (χ4v) is 3.10. The molecule has 0 bridgehead atoms. The van der Waals surface area contributed by atoms with Crippen LogP contribution in [-0.4, -0.2) is 11.8 Å². The minimum absolute atomic E-state index is 0.0243. The molecule has 1 atom stereocenters. The van der Waals surface area contributed by atoms with Crippen molar-refractivity contribution >= 4 is 35.0 Å². The van der Waals surface area contributed by atoms with Crippen LogP contribution < -0.4 is 5.73 Å². The summed E-state index contributed by atoms with van der Waals surface area (Å²) in [6, 6.07) is 11.8. The summed E-state index contributed by atoms with van der Waals surface area (Å²) in [6.45, 7) is 0. The minimum atomic E-state index is -0.230. The lowest BCUT2D eigenvalue weighted by atomic mass is 10.1. The second kappa shape index (κ2) is 7.32. The summed E-state index contributed by atoms with van der Waals surface area (Å²) in [6.07, 6.45) is 0.685. The standard InChI is InChI=1S/C15H14Cl2FNS/c16-11-2-1-10(15(17)8-11)7-13(19)9-20-14-5-3-12(18)4-6-14/h1-6,8,13H,7,9,19H2. The van der Waals surface area contributed by atoms with E-state index >= 15 is 0 Å². The molecule has 0 saturated heterocycles. The predicted octanol–water partition coefficient (Wildman–Crippen LogP) is 4.79. The van der Waals surface area contributed by atoms with Gasteiger partial charge < -0.3 is 5.73 Å². The van der Waals surface area contributed by atoms with Crippen molar-refractivity contribution in [2.24, 2.45) is 5.73 Å². The Morgan fingerprint density at radius 3 is 2.45 bits per heavy atom. The number of thioether (sulfide) groups is 1. The molecule has 0 fully saturated rings. The molecule has 0 heterocycles. The van der Waals surface area contributed by atoms with Crippen molar-refractivity contribution in [1.29, 1.82) is 0 Å². The van der Waals surface area contributed by atoms with E-state index in [-0.39, 0.29) is 11.9 Å². The van der Waals surface area contributed by atoms with Crippen LogP contribution in [0.3, 0.4) is 0 Å². The van der Waals surface area contributed by atoms with Gasteiger partial charge >= 0.3 is 0 Å². The van der Waals surface area contributed by atoms with Gasteiger partial charge in [0.1, 0.15) is 5.82 Å². The van der Waals surface area contributed by atoms with Gasteiger partial charge in [0.15, 0.2) is 0 Å². The molecule has 0 aromatic heterocycles. The molecule has 0 saturated carbocycles. The highest BCUT2D eigenvalue weighted by Gasteiger charge is 2.08. The quantitative estimate of drug-likeness (QED) is 0.798. The topological polar surface area (TPSA) is 26.0 Å². The molecule has 0 aliphatic carbocycles. The molecule has 5 heteroatoms. The molecule has 2 aromatic carbocycles. The average molecular weight is 330 g/mol. The van der Waals surface area contributed by atoms with Crippen LogP contribution in [0.25, 0.3) is 0 Å². The predicted molar refractivity (Wildman–Crippen MR) is 85.3 cm³/mol. The monoisotopic (exact) mass is 329 g/mol. The minimum Gasteiger partial charge on any atom is -0.327 e. The van der Waals surface area contributed by atoms with Crippen LogP contribution in [0, 0.1) is 5.82 Å². The van der Waals surface area contributed by atoms with Crippen LogP contribution in [0.15, 0.2) is 47.4 Å². The number of hydrogen-bond acceptors (Lipinski definition) is 2. The summed E-state index contributed by atoms with van der Waals surface area (Å²) >= 11 is 13.6. The van der Waals surface area contributed by atoms with Crippen LogP contribution in [0.2, 0.25) is 10.0 Å². The summed E-state index contributed by atoms with van der Waals surface area (Å²) in [5.41, 5.74) is 7.09. The van der Waals surface area contributed by atoms with Gasteiger partial charge in [-0.2, -0.15) is 0 Å². The highest BCUT2D eigenvalue weighted by atomic mass is 35.5. The van der Waals surface area contributed by atoms with E-state index in [1.54, 1.807) is 30.0 Å². The number of benzene rings is 2. The van der Waals surface area contributed by atoms with Gasteiger partial charge in [-0.25, -0.2) is 4.39 Å². The first-order valence-electron chi connectivity index (χ1n) is 6.12. The third kappa shape index (κ3) is 4.67. The summed E-state index contributed by atoms with van der Waals surface area (Å²) in [5, 5.41) is 1.26. The summed E-state index contributed by atoms with van der Waals surface area (Å²) in [5.74, 6) is 0.511. The maximum Gasteiger partial charge on any atom is 0.123 e. The lowest BCUT2D eigenvalue weighted by molar-refractivity contribution is 0.626. The zero-order valence-electron chi connectivity index (χ0n) is 10.7. The van der Waals surface area contributed by atoms with Crippen molar-refractivity contribution in [3.63, 3.8) is 0 Å². The van der Waals surface area contributed by atoms with E-state index in [4.69, 9.17) is 28.9 Å². The molecule has 2 aromatic rings. The fraction of sp³-hybridized carbons (Fsp3) is 0.200. The van der Waals surface area contributed by atoms with E-state index < -0.39 is 0 Å². The zero-order valence-corrected chi connectivity index (χ0v) is 13.0. The van der Waals surface area contributed by atoms with Crippen molar-refractivity contribution in [1.82, 2.24) is 0 Å². The Bertz CT molecular complexity index is 575. The van der Waals surface area contributed by atoms with Gasteiger partial charge in [0.2, 0.25) is 0 Å². The summed E-state index contributed by atoms with van der Waals surface area (Å²) in [7, 11) is 0. The smallest absolute Gasteiger partial charge is 0.123 e. The van der Waals surface area contributed by atoms with E-state index in [2.05, 4.69) is 0 Å². The summed E-state index contributed by atoms with van der Waals surface area (Å²) < 4.78 is 12.8. The Kier molecular flexibility index (Phi) is 5.73. The first-order valence-corrected chi connectivity index (χ1v) is 7.86. The maximum atomic E-state index is 12.8. The van der Waals surface area contributed by atoms with Crippen LogP contribution in [0.4, 0.5) is 4.39 Å². The molecule has 0 radical (unpaired) electrons. The van der Waals surface area contributed by atoms with Crippen molar-refractivity contribution in [3.8, 4) is 0 Å². The van der Waals surface area contributed by atoms with E-state index in [0.717, 1.165) is 16.2 Å². The highest BCUT2D eigenvalue weighted by Crippen LogP contribution is 2.24. The highest BCUT2D eigenvalue weighted by molar-refractivity contribution is 7.99. The van der Waals surface area contributed by atoms with E-state index in [1.807, 2.05) is 12.1 Å². The second-order valence-corrected chi connectivity index (χ2v) is 6.40. The van der Waals surface area contributed by atoms with Gasteiger partial charge in [-0.1, -0.05) is 29.3 Å². The third-order valence-corrected chi connectivity index (χ3v) is 4.56. The molecular weight excluding hydrogens is 316 g/mol. The maximum absolute atomic E-state index is 12.8. The number of nitrogens with two attached hydrogens (primary N) is 1. The van der Waals surface area contributed by atoms with Crippen LogP contribution >= 0.6 is 35.0 Å². The van der Waals surface area contributed by atoms with Crippen LogP contribution in [0.5, 0.6) is 0 Å². The Hall–Kier alpha value is -0.740. The molecule has 2 N–H and O–H groups in total. The molecule has 0 aliphatic heterocycles. The number of halogens is 3. The lowest BCUT2D eigenvalue weighted by Crippen LogP contribution is -2.25. The normalized spacial score (nSPS) is 12.4. The van der Waals surface area contributed by atoms with Crippen molar-refractivity contribution in [2.45, 2.75) is 17.4 Å². The molecule has 106 valence electrons. The zero-order chi connectivity index (χ0) is 14.5. The Morgan fingerprint density at radius 2 is 1.80 bits per heavy atom. The second-order valence-electron chi connectivity index (χ2n) is 4.46. The molecule has 20 heavy (non-hydrogen) atoms. The number of hydrogen-bond donors (Lipinski definition) is 1. The Morgan fingerprint density at radius 1 is 1.10 bits per heavy atom. The fourth-order valence-electron chi connectivity index (χ4n) is 1.76. The molecule has 1 unspecified atom stereocenters. The molecule has 0 spiro atoms. The average Bonchev–Trinajstić information content (AvgIpc) is 2.41. The first-order chi connectivity index (χ1) is 9.54. The largest absolute Gasteiger partial charge is 0.327 e. The molecule has 0 amide bonds. The molecule has 0 aliphatic rings. The Labute approximate surface area is 132 Å². The third-order valence-electron chi connectivity index (χ3n) is 2.77. The van der Waals surface area contributed by atoms with Gasteiger partial charge in [-0.15, -0.1) is 11.8 Å². The Balaban J connectivity index is 1.89. The van der Waals surface area contributed by atoms with Crippen molar-refractivity contribution in [3.05, 3.63) is 63.9 Å². The van der Waals surface area contributed by atoms with E-state index in [9.17, 15) is 4.39 Å². The first kappa shape index (κ1) is 15.6. The van der Waals surface area contributed by atoms with Gasteiger partial charge in [-0.05, 0) is 48.4 Å². The van der Waals surface area contributed by atoms with Gasteiger partial charge in [0.25, 0.3) is 0 Å². The van der Waals surface area contributed by atoms with Crippen LogP contribution in [-0.2, 0) is 6.42 Å². The SMILES string of the molecule is NC(CSc1ccc(F)cc1)Cc1ccc(Cl)cc1Cl. The van der Waals surface area contributed by atoms with Gasteiger partial charge in [-0.3, -0.25) is 0 Å². The summed E-state index contributed by atoms with van der Waals surface area (Å²) in [4.78, 5) is 1.00. The lowest BCUT2D eigenvalue weighted by Gasteiger charge is -2.12. The van der Waals surface area contributed by atoms with Crippen LogP contribution in [0.1, 0.15) is 5.56 Å². The molecular formula is C15H14Cl2FNS. The van der Waals surface area contributed by atoms with E-state index in [0.29, 0.717) is 16.5 Å². The van der Waals surface area contributed by atoms with Gasteiger partial charge in [0, 0.05) is 26.7 Å². The van der Waals surface area contributed by atoms with E-state index in [1.165, 1.54) is 12.1 Å². The molecule has 1 nitrogen and oxygen atoms in total. The van der Waals surface area contributed by atoms with Gasteiger partial charge in [0.05, 0.1) is 0 Å². The molecule has 2 rings (SSSR count). The van der Waals surface area contributed by atoms with Crippen molar-refractivity contribution < 1.29 is 4.39 Å².